The van der Waals surface area contributed by atoms with E-state index in [-0.39, 0.29) is 17.2 Å². The van der Waals surface area contributed by atoms with Gasteiger partial charge in [-0.15, -0.1) is 11.3 Å². The van der Waals surface area contributed by atoms with E-state index in [1.165, 1.54) is 5.38 Å². The van der Waals surface area contributed by atoms with Crippen LogP contribution in [-0.2, 0) is 38.3 Å². The molecule has 1 aromatic heterocycles. The van der Waals surface area contributed by atoms with Crippen LogP contribution in [-0.4, -0.2) is 82.3 Å². The quantitative estimate of drug-likeness (QED) is 0.176. The second-order valence-corrected chi connectivity index (χ2v) is 7.66. The topological polar surface area (TPSA) is 235 Å². The van der Waals surface area contributed by atoms with E-state index in [0.717, 1.165) is 18.4 Å². The van der Waals surface area contributed by atoms with Gasteiger partial charge in [-0.2, -0.15) is 5.06 Å². The van der Waals surface area contributed by atoms with Crippen LogP contribution in [0.2, 0.25) is 0 Å². The average molecular weight is 486 g/mol. The van der Waals surface area contributed by atoms with E-state index >= 15 is 0 Å². The molecule has 0 spiro atoms. The zero-order valence-electron chi connectivity index (χ0n) is 16.9. The Bertz CT molecular complexity index is 1040. The molecule has 1 aromatic rings. The lowest BCUT2D eigenvalue weighted by Crippen LogP contribution is -2.64. The summed E-state index contributed by atoms with van der Waals surface area (Å²) in [5, 5.41) is 17.4. The standard InChI is InChI=1S/C16H18N6O10S/c1-29-21-9(7-4-33-13(17)19-7)10(24)20-15(5-30-14(18)28)6-31-22(11(15)25)16(12(26)27)3-2-8(23)32-16/h4H,2-3,5-6H2,1H3,(H2,17,19)(H2,18,28)(H,20,24)(H,26,27)/b21-9-/t15-,16?/m0/s1. The van der Waals surface area contributed by atoms with Crippen molar-refractivity contribution in [2.75, 3.05) is 26.1 Å². The van der Waals surface area contributed by atoms with Gasteiger partial charge in [-0.3, -0.25) is 19.2 Å². The molecule has 3 heterocycles. The van der Waals surface area contributed by atoms with Crippen LogP contribution in [0.5, 0.6) is 0 Å². The van der Waals surface area contributed by atoms with Crippen LogP contribution in [0.4, 0.5) is 9.93 Å². The molecule has 0 aromatic carbocycles. The molecule has 16 nitrogen and oxygen atoms in total. The molecular weight excluding hydrogens is 468 g/mol. The van der Waals surface area contributed by atoms with Gasteiger partial charge in [0.2, 0.25) is 0 Å². The van der Waals surface area contributed by atoms with Gasteiger partial charge >= 0.3 is 23.8 Å². The second-order valence-electron chi connectivity index (χ2n) is 6.77. The highest BCUT2D eigenvalue weighted by Gasteiger charge is 2.64. The number of nitrogens with two attached hydrogens (primary N) is 2. The van der Waals surface area contributed by atoms with E-state index in [2.05, 4.69) is 20.3 Å². The normalized spacial score (nSPS) is 25.0. The number of nitrogen functional groups attached to an aromatic ring is 1. The molecule has 2 aliphatic heterocycles. The fourth-order valence-corrected chi connectivity index (χ4v) is 3.64. The first-order valence-corrected chi connectivity index (χ1v) is 9.93. The molecule has 3 amide bonds. The number of nitrogens with one attached hydrogen (secondary N) is 1. The van der Waals surface area contributed by atoms with Crippen molar-refractivity contribution in [3.8, 4) is 0 Å². The highest BCUT2D eigenvalue weighted by Crippen LogP contribution is 2.36. The minimum absolute atomic E-state index is 0.0118. The van der Waals surface area contributed by atoms with E-state index in [9.17, 15) is 29.1 Å². The number of esters is 1. The molecule has 17 heteroatoms. The lowest BCUT2D eigenvalue weighted by atomic mass is 9.99. The number of carbonyl (C=O) groups excluding carboxylic acids is 4. The number of rotatable bonds is 8. The highest BCUT2D eigenvalue weighted by atomic mass is 32.1. The largest absolute Gasteiger partial charge is 0.477 e. The third-order valence-corrected chi connectivity index (χ3v) is 5.30. The number of carbonyl (C=O) groups is 5. The first-order chi connectivity index (χ1) is 15.5. The van der Waals surface area contributed by atoms with Crippen molar-refractivity contribution in [3.63, 3.8) is 0 Å². The number of aliphatic carboxylic acids is 1. The van der Waals surface area contributed by atoms with Crippen molar-refractivity contribution in [2.24, 2.45) is 10.9 Å². The Morgan fingerprint density at radius 3 is 2.67 bits per heavy atom. The molecule has 2 aliphatic rings. The van der Waals surface area contributed by atoms with E-state index < -0.39 is 66.5 Å². The number of hydrogen-bond acceptors (Lipinski definition) is 13. The summed E-state index contributed by atoms with van der Waals surface area (Å²) < 4.78 is 9.59. The van der Waals surface area contributed by atoms with Gasteiger partial charge in [0.05, 0.1) is 6.42 Å². The number of ether oxygens (including phenoxy) is 2. The van der Waals surface area contributed by atoms with Gasteiger partial charge in [0.1, 0.15) is 26.0 Å². The van der Waals surface area contributed by atoms with Gasteiger partial charge < -0.3 is 36.2 Å². The number of carboxylic acid groups (broad SMARTS) is 1. The van der Waals surface area contributed by atoms with Gasteiger partial charge in [-0.05, 0) is 0 Å². The lowest BCUT2D eigenvalue weighted by molar-refractivity contribution is -0.256. The highest BCUT2D eigenvalue weighted by molar-refractivity contribution is 7.13. The molecular formula is C16H18N6O10S. The fourth-order valence-electron chi connectivity index (χ4n) is 3.09. The minimum atomic E-state index is -2.47. The summed E-state index contributed by atoms with van der Waals surface area (Å²) in [6.45, 7) is -1.54. The number of carboxylic acids is 1. The molecule has 0 radical (unpaired) electrons. The SMILES string of the molecule is CO/N=C(\C(=O)N[C@@]1(COC(N)=O)CON(C2(C(=O)O)CCC(=O)O2)C1=O)c1csc(N)n1. The van der Waals surface area contributed by atoms with Crippen molar-refractivity contribution in [1.29, 1.82) is 0 Å². The van der Waals surface area contributed by atoms with Crippen molar-refractivity contribution in [1.82, 2.24) is 15.4 Å². The molecule has 2 saturated heterocycles. The molecule has 178 valence electrons. The Morgan fingerprint density at radius 1 is 1.42 bits per heavy atom. The number of hydroxylamine groups is 2. The molecule has 33 heavy (non-hydrogen) atoms. The summed E-state index contributed by atoms with van der Waals surface area (Å²) in [6, 6.07) is 0. The molecule has 0 aliphatic carbocycles. The Morgan fingerprint density at radius 2 is 2.15 bits per heavy atom. The summed E-state index contributed by atoms with van der Waals surface area (Å²) in [5.74, 6) is -4.76. The maximum absolute atomic E-state index is 13.3. The van der Waals surface area contributed by atoms with Crippen LogP contribution >= 0.6 is 11.3 Å². The third-order valence-electron chi connectivity index (χ3n) is 4.62. The van der Waals surface area contributed by atoms with Crippen LogP contribution in [0.3, 0.4) is 0 Å². The number of aromatic nitrogens is 1. The maximum Gasteiger partial charge on any atom is 0.404 e. The molecule has 3 rings (SSSR count). The van der Waals surface area contributed by atoms with Crippen molar-refractivity contribution in [3.05, 3.63) is 11.1 Å². The summed E-state index contributed by atoms with van der Waals surface area (Å²) in [5.41, 5.74) is 5.56. The van der Waals surface area contributed by atoms with Gasteiger partial charge in [-0.1, -0.05) is 5.16 Å². The minimum Gasteiger partial charge on any atom is -0.477 e. The van der Waals surface area contributed by atoms with E-state index in [1.807, 2.05) is 0 Å². The van der Waals surface area contributed by atoms with Gasteiger partial charge in [-0.25, -0.2) is 14.6 Å². The van der Waals surface area contributed by atoms with E-state index in [1.54, 1.807) is 0 Å². The zero-order chi connectivity index (χ0) is 24.4. The fraction of sp³-hybridized carbons (Fsp3) is 0.438. The third kappa shape index (κ3) is 4.35. The predicted molar refractivity (Wildman–Crippen MR) is 105 cm³/mol. The number of thiazole rings is 1. The van der Waals surface area contributed by atoms with Gasteiger partial charge in [0, 0.05) is 11.8 Å². The number of primary amides is 1. The first-order valence-electron chi connectivity index (χ1n) is 9.05. The van der Waals surface area contributed by atoms with Gasteiger partial charge in [0.15, 0.2) is 16.4 Å². The number of amides is 3. The van der Waals surface area contributed by atoms with Crippen LogP contribution < -0.4 is 16.8 Å². The Hall–Kier alpha value is -3.99. The molecule has 0 bridgehead atoms. The first kappa shape index (κ1) is 23.7. The Kier molecular flexibility index (Phi) is 6.36. The summed E-state index contributed by atoms with van der Waals surface area (Å²) in [6.07, 6.45) is -2.00. The summed E-state index contributed by atoms with van der Waals surface area (Å²) in [7, 11) is 1.16. The number of cyclic esters (lactones) is 1. The zero-order valence-corrected chi connectivity index (χ0v) is 17.7. The Balaban J connectivity index is 1.95. The molecule has 2 atom stereocenters. The second kappa shape index (κ2) is 8.87. The van der Waals surface area contributed by atoms with E-state index in [4.69, 9.17) is 25.8 Å². The van der Waals surface area contributed by atoms with Crippen LogP contribution in [0.1, 0.15) is 18.5 Å². The number of nitrogens with zero attached hydrogens (tertiary/aromatic N) is 3. The average Bonchev–Trinajstić information content (AvgIpc) is 3.43. The lowest BCUT2D eigenvalue weighted by Gasteiger charge is -2.32. The summed E-state index contributed by atoms with van der Waals surface area (Å²) in [4.78, 5) is 74.8. The van der Waals surface area contributed by atoms with Crippen LogP contribution in [0.25, 0.3) is 0 Å². The maximum atomic E-state index is 13.3. The van der Waals surface area contributed by atoms with Crippen molar-refractivity contribution < 1.29 is 48.2 Å². The Labute approximate surface area is 188 Å². The smallest absolute Gasteiger partial charge is 0.404 e. The van der Waals surface area contributed by atoms with Gasteiger partial charge in [0.25, 0.3) is 11.8 Å². The molecule has 0 saturated carbocycles. The van der Waals surface area contributed by atoms with E-state index in [0.29, 0.717) is 5.06 Å². The van der Waals surface area contributed by atoms with Crippen LogP contribution in [0, 0.1) is 0 Å². The molecule has 2 fully saturated rings. The predicted octanol–water partition coefficient (Wildman–Crippen LogP) is -2.08. The van der Waals surface area contributed by atoms with Crippen LogP contribution in [0.15, 0.2) is 10.5 Å². The van der Waals surface area contributed by atoms with Crippen molar-refractivity contribution in [2.45, 2.75) is 24.1 Å². The number of anilines is 1. The monoisotopic (exact) mass is 486 g/mol. The number of oxime groups is 1. The molecule has 1 unspecified atom stereocenters. The molecule has 6 N–H and O–H groups in total. The van der Waals surface area contributed by atoms with Crippen molar-refractivity contribution >= 4 is 52.0 Å². The summed E-state index contributed by atoms with van der Waals surface area (Å²) >= 11 is 1.00. The number of hydrogen-bond donors (Lipinski definition) is 4.